The van der Waals surface area contributed by atoms with Gasteiger partial charge in [0.15, 0.2) is 0 Å². The highest BCUT2D eigenvalue weighted by atomic mass is 32.2. The maximum Gasteiger partial charge on any atom is 0.294 e. The fraction of sp³-hybridized carbons (Fsp3) is 0.261. The van der Waals surface area contributed by atoms with Crippen LogP contribution in [0.2, 0.25) is 0 Å². The first-order valence-electron chi connectivity index (χ1n) is 10.2. The van der Waals surface area contributed by atoms with Crippen LogP contribution < -0.4 is 10.2 Å². The van der Waals surface area contributed by atoms with Crippen LogP contribution in [-0.2, 0) is 9.59 Å². The molecule has 2 aromatic rings. The predicted octanol–water partition coefficient (Wildman–Crippen LogP) is 4.49. The minimum absolute atomic E-state index is 0.265. The lowest BCUT2D eigenvalue weighted by Crippen LogP contribution is -2.36. The number of carbonyl (C=O) groups is 3. The molecule has 0 bridgehead atoms. The first-order chi connectivity index (χ1) is 15.0. The van der Waals surface area contributed by atoms with Crippen molar-refractivity contribution < 1.29 is 18.8 Å². The van der Waals surface area contributed by atoms with Gasteiger partial charge in [0.1, 0.15) is 12.4 Å². The van der Waals surface area contributed by atoms with Gasteiger partial charge in [0.2, 0.25) is 5.91 Å². The lowest BCUT2D eigenvalue weighted by Gasteiger charge is -2.28. The van der Waals surface area contributed by atoms with Crippen LogP contribution in [-0.4, -0.2) is 41.6 Å². The van der Waals surface area contributed by atoms with Crippen molar-refractivity contribution in [2.24, 2.45) is 0 Å². The van der Waals surface area contributed by atoms with E-state index in [1.54, 1.807) is 6.08 Å². The third kappa shape index (κ3) is 5.14. The Morgan fingerprint density at radius 1 is 1.06 bits per heavy atom. The number of hydrogen-bond acceptors (Lipinski definition) is 5. The Morgan fingerprint density at radius 2 is 1.81 bits per heavy atom. The number of imide groups is 1. The molecule has 2 saturated heterocycles. The van der Waals surface area contributed by atoms with Crippen molar-refractivity contribution in [2.75, 3.05) is 29.9 Å². The van der Waals surface area contributed by atoms with E-state index >= 15 is 0 Å². The molecule has 2 aromatic carbocycles. The molecule has 2 heterocycles. The molecule has 0 aromatic heterocycles. The molecule has 3 amide bonds. The number of benzene rings is 2. The molecule has 0 spiro atoms. The Balaban J connectivity index is 1.40. The quantitative estimate of drug-likeness (QED) is 0.695. The van der Waals surface area contributed by atoms with Crippen LogP contribution in [0.3, 0.4) is 0 Å². The Morgan fingerprint density at radius 3 is 2.52 bits per heavy atom. The van der Waals surface area contributed by atoms with Crippen molar-refractivity contribution in [3.05, 3.63) is 64.8 Å². The number of thioether (sulfide) groups is 1. The fourth-order valence-electron chi connectivity index (χ4n) is 3.63. The molecule has 8 heteroatoms. The monoisotopic (exact) mass is 439 g/mol. The van der Waals surface area contributed by atoms with E-state index in [1.165, 1.54) is 43.5 Å². The van der Waals surface area contributed by atoms with Gasteiger partial charge in [0, 0.05) is 24.5 Å². The smallest absolute Gasteiger partial charge is 0.294 e. The summed E-state index contributed by atoms with van der Waals surface area (Å²) in [5.41, 5.74) is 2.23. The van der Waals surface area contributed by atoms with E-state index < -0.39 is 29.4 Å². The van der Waals surface area contributed by atoms with Gasteiger partial charge >= 0.3 is 0 Å². The number of nitrogens with one attached hydrogen (secondary N) is 1. The summed E-state index contributed by atoms with van der Waals surface area (Å²) < 4.78 is 13.3. The standard InChI is InChI=1S/C23H22FN3O3S/c24-17-5-4-6-18(14-17)25-21(28)15-27-22(29)20(31-23(27)30)13-16-7-9-19(10-8-16)26-11-2-1-3-12-26/h4-10,13-14H,1-3,11-12,15H2,(H,25,28)/b20-13+. The average molecular weight is 440 g/mol. The van der Waals surface area contributed by atoms with Crippen LogP contribution in [0.25, 0.3) is 6.08 Å². The average Bonchev–Trinajstić information content (AvgIpc) is 3.02. The molecule has 1 N–H and O–H groups in total. The summed E-state index contributed by atoms with van der Waals surface area (Å²) in [7, 11) is 0. The summed E-state index contributed by atoms with van der Waals surface area (Å²) in [5, 5.41) is 1.99. The third-order valence-electron chi connectivity index (χ3n) is 5.20. The second-order valence-corrected chi connectivity index (χ2v) is 8.46. The van der Waals surface area contributed by atoms with E-state index in [9.17, 15) is 18.8 Å². The number of halogens is 1. The highest BCUT2D eigenvalue weighted by Gasteiger charge is 2.36. The van der Waals surface area contributed by atoms with E-state index in [2.05, 4.69) is 10.2 Å². The summed E-state index contributed by atoms with van der Waals surface area (Å²) in [6, 6.07) is 13.3. The molecule has 2 fully saturated rings. The van der Waals surface area contributed by atoms with E-state index in [0.717, 1.165) is 41.0 Å². The Kier molecular flexibility index (Phi) is 6.36. The minimum Gasteiger partial charge on any atom is -0.372 e. The molecular weight excluding hydrogens is 417 g/mol. The molecular formula is C23H22FN3O3S. The van der Waals surface area contributed by atoms with Gasteiger partial charge in [0.25, 0.3) is 11.1 Å². The molecule has 160 valence electrons. The number of piperidine rings is 1. The van der Waals surface area contributed by atoms with Crippen molar-refractivity contribution in [1.82, 2.24) is 4.90 Å². The molecule has 0 atom stereocenters. The van der Waals surface area contributed by atoms with Crippen LogP contribution in [0.1, 0.15) is 24.8 Å². The first kappa shape index (κ1) is 21.1. The molecule has 6 nitrogen and oxygen atoms in total. The van der Waals surface area contributed by atoms with Gasteiger partial charge < -0.3 is 10.2 Å². The Labute approximate surface area is 184 Å². The van der Waals surface area contributed by atoms with Crippen molar-refractivity contribution in [2.45, 2.75) is 19.3 Å². The summed E-state index contributed by atoms with van der Waals surface area (Å²) in [4.78, 5) is 40.6. The highest BCUT2D eigenvalue weighted by Crippen LogP contribution is 2.32. The number of anilines is 2. The molecule has 4 rings (SSSR count). The summed E-state index contributed by atoms with van der Waals surface area (Å²) in [6.45, 7) is 1.68. The Bertz CT molecular complexity index is 1030. The van der Waals surface area contributed by atoms with Gasteiger partial charge in [-0.2, -0.15) is 0 Å². The number of rotatable bonds is 5. The zero-order chi connectivity index (χ0) is 21.8. The van der Waals surface area contributed by atoms with Crippen molar-refractivity contribution in [3.8, 4) is 0 Å². The van der Waals surface area contributed by atoms with E-state index in [0.29, 0.717) is 0 Å². The fourth-order valence-corrected chi connectivity index (χ4v) is 4.47. The normalized spacial score (nSPS) is 18.0. The van der Waals surface area contributed by atoms with E-state index in [1.807, 2.05) is 24.3 Å². The van der Waals surface area contributed by atoms with Crippen LogP contribution >= 0.6 is 11.8 Å². The second-order valence-electron chi connectivity index (χ2n) is 7.47. The predicted molar refractivity (Wildman–Crippen MR) is 120 cm³/mol. The van der Waals surface area contributed by atoms with E-state index in [-0.39, 0.29) is 10.6 Å². The van der Waals surface area contributed by atoms with E-state index in [4.69, 9.17) is 0 Å². The SMILES string of the molecule is O=C(CN1C(=O)S/C(=C/c2ccc(N3CCCCC3)cc2)C1=O)Nc1cccc(F)c1. The lowest BCUT2D eigenvalue weighted by atomic mass is 10.1. The number of amides is 3. The van der Waals surface area contributed by atoms with Crippen molar-refractivity contribution >= 4 is 46.3 Å². The van der Waals surface area contributed by atoms with Gasteiger partial charge in [-0.1, -0.05) is 18.2 Å². The van der Waals surface area contributed by atoms with Gasteiger partial charge in [0.05, 0.1) is 4.91 Å². The maximum atomic E-state index is 13.3. The molecule has 0 aliphatic carbocycles. The van der Waals surface area contributed by atoms with Crippen LogP contribution in [0.5, 0.6) is 0 Å². The summed E-state index contributed by atoms with van der Waals surface area (Å²) in [5.74, 6) is -1.57. The topological polar surface area (TPSA) is 69.7 Å². The first-order valence-corrected chi connectivity index (χ1v) is 11.0. The molecule has 2 aliphatic heterocycles. The van der Waals surface area contributed by atoms with Crippen molar-refractivity contribution in [1.29, 1.82) is 0 Å². The van der Waals surface area contributed by atoms with Crippen molar-refractivity contribution in [3.63, 3.8) is 0 Å². The zero-order valence-electron chi connectivity index (χ0n) is 16.8. The number of nitrogens with zero attached hydrogens (tertiary/aromatic N) is 2. The zero-order valence-corrected chi connectivity index (χ0v) is 17.7. The molecule has 0 unspecified atom stereocenters. The molecule has 2 aliphatic rings. The van der Waals surface area contributed by atoms with Crippen LogP contribution in [0.4, 0.5) is 20.6 Å². The lowest BCUT2D eigenvalue weighted by molar-refractivity contribution is -0.127. The second kappa shape index (κ2) is 9.34. The maximum absolute atomic E-state index is 13.3. The summed E-state index contributed by atoms with van der Waals surface area (Å²) >= 11 is 0.808. The molecule has 31 heavy (non-hydrogen) atoms. The van der Waals surface area contributed by atoms with Gasteiger partial charge in [-0.05, 0) is 73.0 Å². The Hall–Kier alpha value is -3.13. The minimum atomic E-state index is -0.569. The highest BCUT2D eigenvalue weighted by molar-refractivity contribution is 8.18. The summed E-state index contributed by atoms with van der Waals surface area (Å²) in [6.07, 6.45) is 5.32. The molecule has 0 saturated carbocycles. The number of hydrogen-bond donors (Lipinski definition) is 1. The third-order valence-corrected chi connectivity index (χ3v) is 6.10. The van der Waals surface area contributed by atoms with Gasteiger partial charge in [-0.15, -0.1) is 0 Å². The number of carbonyl (C=O) groups excluding carboxylic acids is 3. The van der Waals surface area contributed by atoms with Crippen LogP contribution in [0.15, 0.2) is 53.4 Å². The van der Waals surface area contributed by atoms with Gasteiger partial charge in [-0.25, -0.2) is 4.39 Å². The van der Waals surface area contributed by atoms with Crippen LogP contribution in [0, 0.1) is 5.82 Å². The largest absolute Gasteiger partial charge is 0.372 e. The van der Waals surface area contributed by atoms with Gasteiger partial charge in [-0.3, -0.25) is 19.3 Å². The molecule has 0 radical (unpaired) electrons.